The highest BCUT2D eigenvalue weighted by atomic mass is 16.6. The molecule has 2 aliphatic carbocycles. The van der Waals surface area contributed by atoms with Gasteiger partial charge in [-0.1, -0.05) is 24.3 Å². The van der Waals surface area contributed by atoms with Crippen LogP contribution in [-0.4, -0.2) is 56.0 Å². The molecule has 0 fully saturated rings. The van der Waals surface area contributed by atoms with Crippen molar-refractivity contribution in [3.8, 4) is 16.9 Å². The Kier molecular flexibility index (Phi) is 12.1. The molecule has 3 aromatic carbocycles. The van der Waals surface area contributed by atoms with Crippen LogP contribution in [0.5, 0.6) is 5.75 Å². The minimum atomic E-state index is -0.856. The zero-order chi connectivity index (χ0) is 37.6. The summed E-state index contributed by atoms with van der Waals surface area (Å²) in [6, 6.07) is 13.8. The predicted molar refractivity (Wildman–Crippen MR) is 203 cm³/mol. The molecule has 52 heavy (non-hydrogen) atoms. The van der Waals surface area contributed by atoms with Crippen molar-refractivity contribution in [3.63, 3.8) is 0 Å². The zero-order valence-electron chi connectivity index (χ0n) is 31.7. The van der Waals surface area contributed by atoms with Gasteiger partial charge in [-0.05, 0) is 156 Å². The lowest BCUT2D eigenvalue weighted by molar-refractivity contribution is 0.0558. The minimum absolute atomic E-state index is 0.319. The number of fused-ring (bicyclic) bond motifs is 2. The number of anilines is 1. The van der Waals surface area contributed by atoms with Gasteiger partial charge in [-0.25, -0.2) is 14.5 Å². The van der Waals surface area contributed by atoms with E-state index in [0.29, 0.717) is 36.6 Å². The first-order chi connectivity index (χ1) is 24.7. The van der Waals surface area contributed by atoms with Gasteiger partial charge in [0.2, 0.25) is 5.96 Å². The maximum Gasteiger partial charge on any atom is 0.421 e. The third kappa shape index (κ3) is 9.39. The van der Waals surface area contributed by atoms with Crippen LogP contribution in [0.1, 0.15) is 111 Å². The van der Waals surface area contributed by atoms with Crippen LogP contribution in [0, 0.1) is 5.41 Å². The van der Waals surface area contributed by atoms with Crippen molar-refractivity contribution in [2.75, 3.05) is 25.2 Å². The molecule has 0 heterocycles. The fourth-order valence-corrected chi connectivity index (χ4v) is 7.09. The lowest BCUT2D eigenvalue weighted by Gasteiger charge is -2.29. The molecule has 0 saturated carbocycles. The summed E-state index contributed by atoms with van der Waals surface area (Å²) in [4.78, 5) is 39.9. The topological polar surface area (TPSA) is 127 Å². The molecular weight excluding hydrogens is 658 g/mol. The van der Waals surface area contributed by atoms with Crippen molar-refractivity contribution in [2.45, 2.75) is 111 Å². The number of hydrogen-bond acceptors (Lipinski definition) is 8. The summed E-state index contributed by atoms with van der Waals surface area (Å²) >= 11 is 0. The van der Waals surface area contributed by atoms with Crippen LogP contribution in [0.2, 0.25) is 0 Å². The van der Waals surface area contributed by atoms with E-state index in [1.807, 2.05) is 24.3 Å². The van der Waals surface area contributed by atoms with Crippen LogP contribution in [0.3, 0.4) is 0 Å². The van der Waals surface area contributed by atoms with E-state index in [9.17, 15) is 14.4 Å². The minimum Gasteiger partial charge on any atom is -0.490 e. The number of aryl methyl sites for hydroxylation is 2. The number of nitrogens with zero attached hydrogens (tertiary/aromatic N) is 1. The molecule has 0 atom stereocenters. The Morgan fingerprint density at radius 2 is 1.48 bits per heavy atom. The second-order valence-electron chi connectivity index (χ2n) is 15.6. The van der Waals surface area contributed by atoms with Crippen molar-refractivity contribution in [1.82, 2.24) is 5.32 Å². The average molecular weight is 712 g/mol. The number of carbonyl (C=O) groups excluding carboxylic acids is 3. The summed E-state index contributed by atoms with van der Waals surface area (Å²) in [5, 5.41) is 11.2. The normalized spacial score (nSPS) is 14.1. The van der Waals surface area contributed by atoms with Crippen molar-refractivity contribution >= 4 is 30.1 Å². The first-order valence-corrected chi connectivity index (χ1v) is 18.3. The monoisotopic (exact) mass is 711 g/mol. The van der Waals surface area contributed by atoms with Crippen LogP contribution in [0.4, 0.5) is 15.3 Å². The van der Waals surface area contributed by atoms with Gasteiger partial charge in [-0.3, -0.25) is 15.5 Å². The number of rotatable bonds is 9. The third-order valence-electron chi connectivity index (χ3n) is 9.14. The molecule has 2 amide bonds. The highest BCUT2D eigenvalue weighted by Gasteiger charge is 2.31. The largest absolute Gasteiger partial charge is 0.490 e. The Balaban J connectivity index is 1.62. The van der Waals surface area contributed by atoms with Gasteiger partial charge in [0.25, 0.3) is 0 Å². The van der Waals surface area contributed by atoms with Crippen LogP contribution in [-0.2, 0) is 46.3 Å². The van der Waals surface area contributed by atoms with Crippen LogP contribution < -0.4 is 15.0 Å². The molecule has 0 radical (unpaired) electrons. The lowest BCUT2D eigenvalue weighted by Crippen LogP contribution is -2.49. The number of guanidine groups is 1. The van der Waals surface area contributed by atoms with Gasteiger partial charge < -0.3 is 18.9 Å². The van der Waals surface area contributed by atoms with Gasteiger partial charge >= 0.3 is 12.2 Å². The summed E-state index contributed by atoms with van der Waals surface area (Å²) in [5.74, 6) is 0.115. The molecule has 0 spiro atoms. The number of carbonyl (C=O) groups is 3. The van der Waals surface area contributed by atoms with Crippen LogP contribution in [0.15, 0.2) is 42.5 Å². The van der Waals surface area contributed by atoms with Crippen molar-refractivity contribution in [2.24, 2.45) is 0 Å². The summed E-state index contributed by atoms with van der Waals surface area (Å²) in [5.41, 5.74) is 8.43. The Morgan fingerprint density at radius 1 is 0.827 bits per heavy atom. The molecule has 10 heteroatoms. The van der Waals surface area contributed by atoms with Gasteiger partial charge in [-0.2, -0.15) is 0 Å². The molecule has 10 nitrogen and oxygen atoms in total. The number of ether oxygens (including phenoxy) is 4. The summed E-state index contributed by atoms with van der Waals surface area (Å²) in [6.45, 7) is 11.1. The van der Waals surface area contributed by atoms with E-state index in [4.69, 9.17) is 24.4 Å². The second-order valence-corrected chi connectivity index (χ2v) is 15.6. The van der Waals surface area contributed by atoms with Crippen LogP contribution in [0.25, 0.3) is 11.1 Å². The maximum absolute atomic E-state index is 13.6. The number of alkyl carbamates (subject to hydrolysis) is 1. The third-order valence-corrected chi connectivity index (χ3v) is 9.14. The average Bonchev–Trinajstić information content (AvgIpc) is 3.06. The number of aldehydes is 1. The smallest absolute Gasteiger partial charge is 0.421 e. The van der Waals surface area contributed by atoms with Crippen LogP contribution >= 0.6 is 0 Å². The van der Waals surface area contributed by atoms with Gasteiger partial charge in [0.05, 0.1) is 17.9 Å². The van der Waals surface area contributed by atoms with E-state index in [1.54, 1.807) is 54.7 Å². The Bertz CT molecular complexity index is 1820. The quantitative estimate of drug-likeness (QED) is 0.0984. The van der Waals surface area contributed by atoms with Gasteiger partial charge in [0, 0.05) is 12.7 Å². The fraction of sp³-hybridized carbons (Fsp3) is 0.476. The fourth-order valence-electron chi connectivity index (χ4n) is 7.09. The summed E-state index contributed by atoms with van der Waals surface area (Å²) < 4.78 is 22.8. The molecule has 0 aliphatic heterocycles. The molecular formula is C42H53N3O7. The standard InChI is InChI=1S/C42H53N3O7/c1-41(2,3)51-39(47)44-38(43)45(40(48)52-42(4,5)6)32-16-12-13-27(24-32)23-30-20-19-28-14-8-10-17-33(28)35(30)36-34-18-11-9-15-29(34)25-31(26-46)37(36)50-22-21-49-7/h12-13,16,19-20,24-26H,8-11,14-15,17-18,21-23H2,1-7H3,(H2,43,44,47). The van der Waals surface area contributed by atoms with Crippen molar-refractivity contribution in [1.29, 1.82) is 5.41 Å². The molecule has 0 bridgehead atoms. The van der Waals surface area contributed by atoms with Gasteiger partial charge in [0.15, 0.2) is 6.29 Å². The van der Waals surface area contributed by atoms with E-state index in [1.165, 1.54) is 22.3 Å². The summed E-state index contributed by atoms with van der Waals surface area (Å²) in [7, 11) is 1.64. The van der Waals surface area contributed by atoms with Gasteiger partial charge in [-0.15, -0.1) is 0 Å². The van der Waals surface area contributed by atoms with E-state index in [2.05, 4.69) is 17.4 Å². The number of benzene rings is 3. The van der Waals surface area contributed by atoms with Crippen molar-refractivity contribution in [3.05, 3.63) is 81.4 Å². The molecule has 2 N–H and O–H groups in total. The molecule has 0 aromatic heterocycles. The molecule has 0 saturated heterocycles. The van der Waals surface area contributed by atoms with E-state index in [0.717, 1.165) is 84.8 Å². The first-order valence-electron chi connectivity index (χ1n) is 18.3. The highest BCUT2D eigenvalue weighted by molar-refractivity contribution is 6.16. The molecule has 2 aliphatic rings. The molecule has 3 aromatic rings. The Labute approximate surface area is 307 Å². The summed E-state index contributed by atoms with van der Waals surface area (Å²) in [6.07, 6.45) is 7.82. The maximum atomic E-state index is 13.6. The number of methoxy groups -OCH3 is 1. The lowest BCUT2D eigenvalue weighted by atomic mass is 9.77. The molecule has 0 unspecified atom stereocenters. The van der Waals surface area contributed by atoms with E-state index in [-0.39, 0.29) is 0 Å². The Hall–Kier alpha value is -4.70. The van der Waals surface area contributed by atoms with Gasteiger partial charge in [0.1, 0.15) is 23.6 Å². The number of amides is 2. The Morgan fingerprint density at radius 3 is 2.13 bits per heavy atom. The molecule has 5 rings (SSSR count). The van der Waals surface area contributed by atoms with E-state index >= 15 is 0 Å². The van der Waals surface area contributed by atoms with E-state index < -0.39 is 29.3 Å². The van der Waals surface area contributed by atoms with Crippen molar-refractivity contribution < 1.29 is 33.3 Å². The highest BCUT2D eigenvalue weighted by Crippen LogP contribution is 2.46. The predicted octanol–water partition coefficient (Wildman–Crippen LogP) is 8.74. The number of nitrogens with one attached hydrogen (secondary N) is 2. The second kappa shape index (κ2) is 16.3. The number of hydrogen-bond donors (Lipinski definition) is 2. The zero-order valence-corrected chi connectivity index (χ0v) is 31.7. The first kappa shape index (κ1) is 38.5. The molecule has 278 valence electrons. The SMILES string of the molecule is COCCOc1c(C=O)cc2c(c1-c1c(Cc3cccc(N(C(=N)NC(=O)OC(C)(C)C)C(=O)OC(C)(C)C)c3)ccc3c1CCCC3)CCCC2.